The largest absolute Gasteiger partial charge is 0.480 e. The third-order valence-electron chi connectivity index (χ3n) is 2.98. The molecule has 0 aromatic heterocycles. The smallest absolute Gasteiger partial charge is 0.302 e. The summed E-state index contributed by atoms with van der Waals surface area (Å²) < 4.78 is 14.7. The molecule has 0 fully saturated rings. The van der Waals surface area contributed by atoms with Crippen LogP contribution in [0.5, 0.6) is 0 Å². The van der Waals surface area contributed by atoms with Gasteiger partial charge in [-0.15, -0.1) is 0 Å². The van der Waals surface area contributed by atoms with Gasteiger partial charge in [-0.25, -0.2) is 8.54 Å². The van der Waals surface area contributed by atoms with Gasteiger partial charge in [-0.1, -0.05) is 71.1 Å². The predicted molar refractivity (Wildman–Crippen MR) is 82.0 cm³/mol. The molecule has 2 N–H and O–H groups in total. The van der Waals surface area contributed by atoms with Crippen LogP contribution in [0.25, 0.3) is 0 Å². The highest BCUT2D eigenvalue weighted by atomic mass is 32.2. The lowest BCUT2D eigenvalue weighted by atomic mass is 10.1. The van der Waals surface area contributed by atoms with Crippen molar-refractivity contribution in [1.29, 1.82) is 0 Å². The molecule has 0 bridgehead atoms. The van der Waals surface area contributed by atoms with Crippen LogP contribution in [0.15, 0.2) is 0 Å². The first kappa shape index (κ1) is 19.5. The molecule has 0 rings (SSSR count). The van der Waals surface area contributed by atoms with Crippen molar-refractivity contribution in [3.8, 4) is 0 Å². The van der Waals surface area contributed by atoms with Crippen molar-refractivity contribution in [3.05, 3.63) is 0 Å². The second-order valence-corrected chi connectivity index (χ2v) is 7.14. The maximum absolute atomic E-state index is 10.4. The molecule has 0 aliphatic carbocycles. The standard InChI is InChI=1S/C13H29O4PS/c1-2-3-4-5-6-7-8-9-10-11-12-13-19-17-18(14,15)16/h2-13H2,1H3,(H2,14,15,16). The zero-order valence-corrected chi connectivity index (χ0v) is 13.8. The normalized spacial score (nSPS) is 11.9. The van der Waals surface area contributed by atoms with E-state index < -0.39 is 7.82 Å². The van der Waals surface area contributed by atoms with Gasteiger partial charge in [-0.2, -0.15) is 0 Å². The van der Waals surface area contributed by atoms with Crippen molar-refractivity contribution >= 4 is 19.9 Å². The zero-order valence-electron chi connectivity index (χ0n) is 12.1. The Morgan fingerprint density at radius 1 is 0.842 bits per heavy atom. The molecule has 0 saturated heterocycles. The van der Waals surface area contributed by atoms with Crippen LogP contribution in [0.2, 0.25) is 0 Å². The van der Waals surface area contributed by atoms with E-state index in [1.807, 2.05) is 0 Å². The SMILES string of the molecule is CCCCCCCCCCCCCSOP(=O)(O)O. The van der Waals surface area contributed by atoms with Crippen LogP contribution in [0.1, 0.15) is 77.6 Å². The Morgan fingerprint density at radius 3 is 1.68 bits per heavy atom. The van der Waals surface area contributed by atoms with Crippen LogP contribution in [-0.2, 0) is 8.54 Å². The number of phosphoric acid groups is 1. The molecule has 0 spiro atoms. The van der Waals surface area contributed by atoms with Crippen molar-refractivity contribution in [1.82, 2.24) is 0 Å². The number of hydrogen-bond acceptors (Lipinski definition) is 3. The van der Waals surface area contributed by atoms with Gasteiger partial charge in [-0.3, -0.25) is 0 Å². The second kappa shape index (κ2) is 13.4. The molecule has 0 unspecified atom stereocenters. The highest BCUT2D eigenvalue weighted by Crippen LogP contribution is 2.41. The third-order valence-corrected chi connectivity index (χ3v) is 4.63. The lowest BCUT2D eigenvalue weighted by Gasteiger charge is -2.04. The minimum Gasteiger partial charge on any atom is -0.302 e. The lowest BCUT2D eigenvalue weighted by molar-refractivity contribution is 0.298. The van der Waals surface area contributed by atoms with E-state index >= 15 is 0 Å². The Morgan fingerprint density at radius 2 is 1.26 bits per heavy atom. The Kier molecular flexibility index (Phi) is 13.8. The summed E-state index contributed by atoms with van der Waals surface area (Å²) in [6.07, 6.45) is 14.0. The van der Waals surface area contributed by atoms with Gasteiger partial charge < -0.3 is 9.79 Å². The summed E-state index contributed by atoms with van der Waals surface area (Å²) in [6.45, 7) is 2.24. The molecule has 6 heteroatoms. The van der Waals surface area contributed by atoms with Crippen molar-refractivity contribution in [2.75, 3.05) is 5.75 Å². The van der Waals surface area contributed by atoms with Crippen LogP contribution in [0.3, 0.4) is 0 Å². The van der Waals surface area contributed by atoms with Crippen LogP contribution in [0.4, 0.5) is 0 Å². The monoisotopic (exact) mass is 312 g/mol. The highest BCUT2D eigenvalue weighted by molar-refractivity contribution is 7.97. The van der Waals surface area contributed by atoms with Gasteiger partial charge in [0, 0.05) is 17.8 Å². The molecule has 0 aliphatic heterocycles. The van der Waals surface area contributed by atoms with Gasteiger partial charge in [0.15, 0.2) is 0 Å². The third kappa shape index (κ3) is 18.5. The van der Waals surface area contributed by atoms with Gasteiger partial charge in [0.05, 0.1) is 0 Å². The molecule has 0 saturated carbocycles. The fourth-order valence-electron chi connectivity index (χ4n) is 1.93. The van der Waals surface area contributed by atoms with Crippen LogP contribution >= 0.6 is 19.9 Å². The summed E-state index contributed by atoms with van der Waals surface area (Å²) in [5.41, 5.74) is 0. The van der Waals surface area contributed by atoms with E-state index in [2.05, 4.69) is 10.9 Å². The molecule has 0 aromatic carbocycles. The van der Waals surface area contributed by atoms with Gasteiger partial charge >= 0.3 is 7.82 Å². The molecule has 0 radical (unpaired) electrons. The number of hydrogen-bond donors (Lipinski definition) is 2. The molecule has 0 aromatic rings. The highest BCUT2D eigenvalue weighted by Gasteiger charge is 2.13. The lowest BCUT2D eigenvalue weighted by Crippen LogP contribution is -1.85. The summed E-state index contributed by atoms with van der Waals surface area (Å²) >= 11 is 0.877. The van der Waals surface area contributed by atoms with E-state index in [1.165, 1.54) is 57.8 Å². The Hall–Kier alpha value is 0.460. The second-order valence-electron chi connectivity index (χ2n) is 4.92. The average Bonchev–Trinajstić information content (AvgIpc) is 2.34. The van der Waals surface area contributed by atoms with Crippen molar-refractivity contribution < 1.29 is 18.3 Å². The quantitative estimate of drug-likeness (QED) is 0.267. The van der Waals surface area contributed by atoms with Gasteiger partial charge in [0.25, 0.3) is 0 Å². The summed E-state index contributed by atoms with van der Waals surface area (Å²) in [5.74, 6) is 0.655. The average molecular weight is 312 g/mol. The van der Waals surface area contributed by atoms with Gasteiger partial charge in [-0.05, 0) is 6.42 Å². The van der Waals surface area contributed by atoms with E-state index in [4.69, 9.17) is 9.79 Å². The maximum atomic E-state index is 10.4. The minimum atomic E-state index is -4.29. The van der Waals surface area contributed by atoms with Crippen LogP contribution in [0, 0.1) is 0 Å². The van der Waals surface area contributed by atoms with Gasteiger partial charge in [0.1, 0.15) is 0 Å². The summed E-state index contributed by atoms with van der Waals surface area (Å²) in [6, 6.07) is 0. The van der Waals surface area contributed by atoms with E-state index in [-0.39, 0.29) is 0 Å². The minimum absolute atomic E-state index is 0.655. The Balaban J connectivity index is 3.01. The summed E-state index contributed by atoms with van der Waals surface area (Å²) in [4.78, 5) is 16.9. The molecule has 19 heavy (non-hydrogen) atoms. The number of unbranched alkanes of at least 4 members (excludes halogenated alkanes) is 10. The van der Waals surface area contributed by atoms with Gasteiger partial charge in [0.2, 0.25) is 0 Å². The molecular weight excluding hydrogens is 283 g/mol. The molecule has 4 nitrogen and oxygen atoms in total. The maximum Gasteiger partial charge on any atom is 0.480 e. The first-order chi connectivity index (χ1) is 9.06. The Labute approximate surface area is 122 Å². The molecule has 0 aliphatic rings. The molecular formula is C13H29O4PS. The van der Waals surface area contributed by atoms with E-state index in [0.717, 1.165) is 24.9 Å². The van der Waals surface area contributed by atoms with Crippen molar-refractivity contribution in [2.45, 2.75) is 77.6 Å². The van der Waals surface area contributed by atoms with E-state index in [0.29, 0.717) is 5.75 Å². The van der Waals surface area contributed by atoms with Crippen LogP contribution < -0.4 is 0 Å². The first-order valence-electron chi connectivity index (χ1n) is 7.43. The molecule has 0 heterocycles. The fourth-order valence-corrected chi connectivity index (χ4v) is 3.10. The molecule has 0 atom stereocenters. The van der Waals surface area contributed by atoms with Crippen LogP contribution in [-0.4, -0.2) is 15.5 Å². The molecule has 0 amide bonds. The zero-order chi connectivity index (χ0) is 14.4. The summed E-state index contributed by atoms with van der Waals surface area (Å²) in [7, 11) is -4.29. The van der Waals surface area contributed by atoms with E-state index in [9.17, 15) is 4.57 Å². The summed E-state index contributed by atoms with van der Waals surface area (Å²) in [5, 5.41) is 0. The Bertz CT molecular complexity index is 233. The predicted octanol–water partition coefficient (Wildman–Crippen LogP) is 5.05. The number of rotatable bonds is 14. The fraction of sp³-hybridized carbons (Fsp3) is 1.00. The van der Waals surface area contributed by atoms with Crippen molar-refractivity contribution in [3.63, 3.8) is 0 Å². The van der Waals surface area contributed by atoms with Crippen molar-refractivity contribution in [2.24, 2.45) is 0 Å². The van der Waals surface area contributed by atoms with E-state index in [1.54, 1.807) is 0 Å². The topological polar surface area (TPSA) is 66.8 Å². The molecule has 116 valence electrons. The first-order valence-corrected chi connectivity index (χ1v) is 9.87.